The molecule has 0 unspecified atom stereocenters. The van der Waals surface area contributed by atoms with E-state index in [1.165, 1.54) is 7.11 Å². The van der Waals surface area contributed by atoms with Crippen molar-refractivity contribution in [2.75, 3.05) is 7.11 Å². The van der Waals surface area contributed by atoms with Crippen LogP contribution in [-0.2, 0) is 0 Å². The number of fused-ring (bicyclic) bond motifs is 1. The third kappa shape index (κ3) is 2.78. The summed E-state index contributed by atoms with van der Waals surface area (Å²) >= 11 is 0. The summed E-state index contributed by atoms with van der Waals surface area (Å²) in [6, 6.07) is 12.1. The quantitative estimate of drug-likeness (QED) is 0.557. The van der Waals surface area contributed by atoms with E-state index in [4.69, 9.17) is 9.47 Å². The SMILES string of the molecule is COc1cccc(Oc2ccc(-c3ncn4ccncc34)cc2)c1F. The first-order valence-electron chi connectivity index (χ1n) is 7.64. The van der Waals surface area contributed by atoms with Crippen LogP contribution in [0.5, 0.6) is 17.2 Å². The van der Waals surface area contributed by atoms with E-state index in [1.54, 1.807) is 49.1 Å². The van der Waals surface area contributed by atoms with Crippen LogP contribution in [0, 0.1) is 5.82 Å². The van der Waals surface area contributed by atoms with E-state index in [-0.39, 0.29) is 11.5 Å². The second-order valence-corrected chi connectivity index (χ2v) is 5.36. The molecular formula is C19H14FN3O2. The fourth-order valence-corrected chi connectivity index (χ4v) is 2.60. The fraction of sp³-hybridized carbons (Fsp3) is 0.0526. The maximum absolute atomic E-state index is 14.2. The lowest BCUT2D eigenvalue weighted by Crippen LogP contribution is -1.92. The Kier molecular flexibility index (Phi) is 3.78. The average Bonchev–Trinajstić information content (AvgIpc) is 3.08. The van der Waals surface area contributed by atoms with Crippen molar-refractivity contribution in [1.29, 1.82) is 0 Å². The van der Waals surface area contributed by atoms with E-state index in [1.807, 2.05) is 22.7 Å². The lowest BCUT2D eigenvalue weighted by Gasteiger charge is -2.09. The zero-order valence-electron chi connectivity index (χ0n) is 13.4. The predicted molar refractivity (Wildman–Crippen MR) is 91.4 cm³/mol. The van der Waals surface area contributed by atoms with Gasteiger partial charge in [0, 0.05) is 18.0 Å². The summed E-state index contributed by atoms with van der Waals surface area (Å²) in [6.45, 7) is 0. The highest BCUT2D eigenvalue weighted by molar-refractivity contribution is 5.76. The predicted octanol–water partition coefficient (Wildman–Crippen LogP) is 4.34. The van der Waals surface area contributed by atoms with Crippen LogP contribution < -0.4 is 9.47 Å². The van der Waals surface area contributed by atoms with Gasteiger partial charge in [-0.15, -0.1) is 0 Å². The van der Waals surface area contributed by atoms with Gasteiger partial charge in [-0.25, -0.2) is 4.98 Å². The number of halogens is 1. The largest absolute Gasteiger partial charge is 0.494 e. The number of imidazole rings is 1. The number of rotatable bonds is 4. The van der Waals surface area contributed by atoms with Crippen molar-refractivity contribution in [2.45, 2.75) is 0 Å². The number of hydrogen-bond acceptors (Lipinski definition) is 4. The van der Waals surface area contributed by atoms with Gasteiger partial charge in [-0.2, -0.15) is 4.39 Å². The van der Waals surface area contributed by atoms with Crippen LogP contribution in [0.1, 0.15) is 0 Å². The van der Waals surface area contributed by atoms with Crippen LogP contribution in [0.3, 0.4) is 0 Å². The van der Waals surface area contributed by atoms with Gasteiger partial charge in [0.05, 0.1) is 24.5 Å². The molecule has 0 amide bonds. The zero-order chi connectivity index (χ0) is 17.2. The molecule has 0 saturated carbocycles. The highest BCUT2D eigenvalue weighted by Gasteiger charge is 2.11. The van der Waals surface area contributed by atoms with Crippen LogP contribution in [0.2, 0.25) is 0 Å². The van der Waals surface area contributed by atoms with Gasteiger partial charge in [0.15, 0.2) is 11.5 Å². The molecule has 0 atom stereocenters. The maximum Gasteiger partial charge on any atom is 0.207 e. The first-order valence-corrected chi connectivity index (χ1v) is 7.64. The molecule has 25 heavy (non-hydrogen) atoms. The Morgan fingerprint density at radius 2 is 1.84 bits per heavy atom. The Bertz CT molecular complexity index is 1030. The molecule has 2 aromatic heterocycles. The Labute approximate surface area is 143 Å². The van der Waals surface area contributed by atoms with E-state index in [0.29, 0.717) is 5.75 Å². The summed E-state index contributed by atoms with van der Waals surface area (Å²) in [5.74, 6) is 0.257. The molecule has 0 saturated heterocycles. The molecule has 4 rings (SSSR count). The molecule has 2 aromatic carbocycles. The minimum Gasteiger partial charge on any atom is -0.494 e. The number of benzene rings is 2. The van der Waals surface area contributed by atoms with Gasteiger partial charge in [-0.05, 0) is 36.4 Å². The molecule has 6 heteroatoms. The lowest BCUT2D eigenvalue weighted by molar-refractivity contribution is 0.368. The van der Waals surface area contributed by atoms with Gasteiger partial charge < -0.3 is 13.9 Å². The van der Waals surface area contributed by atoms with Crippen LogP contribution in [0.25, 0.3) is 16.8 Å². The van der Waals surface area contributed by atoms with Crippen LogP contribution in [0.15, 0.2) is 67.4 Å². The average molecular weight is 335 g/mol. The van der Waals surface area contributed by atoms with Crippen molar-refractivity contribution in [3.63, 3.8) is 0 Å². The molecule has 0 radical (unpaired) electrons. The number of aromatic nitrogens is 3. The molecule has 2 heterocycles. The Morgan fingerprint density at radius 1 is 1.04 bits per heavy atom. The Balaban J connectivity index is 1.63. The summed E-state index contributed by atoms with van der Waals surface area (Å²) in [4.78, 5) is 8.55. The minimum absolute atomic E-state index is 0.115. The summed E-state index contributed by atoms with van der Waals surface area (Å²) in [6.07, 6.45) is 7.05. The van der Waals surface area contributed by atoms with Gasteiger partial charge in [-0.1, -0.05) is 6.07 Å². The topological polar surface area (TPSA) is 48.7 Å². The van der Waals surface area contributed by atoms with E-state index in [0.717, 1.165) is 16.8 Å². The highest BCUT2D eigenvalue weighted by Crippen LogP contribution is 2.31. The van der Waals surface area contributed by atoms with Crippen molar-refractivity contribution in [3.8, 4) is 28.5 Å². The van der Waals surface area contributed by atoms with E-state index < -0.39 is 5.82 Å². The van der Waals surface area contributed by atoms with Crippen molar-refractivity contribution in [3.05, 3.63) is 73.2 Å². The standard InChI is InChI=1S/C19H14FN3O2/c1-24-16-3-2-4-17(18(16)20)25-14-7-5-13(6-8-14)19-15-11-21-9-10-23(15)12-22-19/h2-12H,1H3. The first-order chi connectivity index (χ1) is 12.3. The van der Waals surface area contributed by atoms with Crippen molar-refractivity contribution in [1.82, 2.24) is 14.4 Å². The molecule has 0 aliphatic rings. The zero-order valence-corrected chi connectivity index (χ0v) is 13.4. The van der Waals surface area contributed by atoms with E-state index in [2.05, 4.69) is 9.97 Å². The molecule has 5 nitrogen and oxygen atoms in total. The van der Waals surface area contributed by atoms with Gasteiger partial charge in [0.2, 0.25) is 5.82 Å². The smallest absolute Gasteiger partial charge is 0.207 e. The second kappa shape index (κ2) is 6.24. The number of ether oxygens (including phenoxy) is 2. The highest BCUT2D eigenvalue weighted by atomic mass is 19.1. The summed E-state index contributed by atoms with van der Waals surface area (Å²) in [7, 11) is 1.42. The number of nitrogens with zero attached hydrogens (tertiary/aromatic N) is 3. The summed E-state index contributed by atoms with van der Waals surface area (Å²) < 4.78 is 26.6. The van der Waals surface area contributed by atoms with E-state index in [9.17, 15) is 4.39 Å². The van der Waals surface area contributed by atoms with Crippen molar-refractivity contribution < 1.29 is 13.9 Å². The van der Waals surface area contributed by atoms with Crippen molar-refractivity contribution in [2.24, 2.45) is 0 Å². The number of hydrogen-bond donors (Lipinski definition) is 0. The molecular weight excluding hydrogens is 321 g/mol. The van der Waals surface area contributed by atoms with Crippen LogP contribution >= 0.6 is 0 Å². The first kappa shape index (κ1) is 15.1. The van der Waals surface area contributed by atoms with Gasteiger partial charge in [0.25, 0.3) is 0 Å². The van der Waals surface area contributed by atoms with Gasteiger partial charge in [-0.3, -0.25) is 4.98 Å². The third-order valence-electron chi connectivity index (χ3n) is 3.85. The molecule has 4 aromatic rings. The molecule has 0 spiro atoms. The minimum atomic E-state index is -0.528. The molecule has 0 N–H and O–H groups in total. The van der Waals surface area contributed by atoms with Gasteiger partial charge >= 0.3 is 0 Å². The maximum atomic E-state index is 14.2. The van der Waals surface area contributed by atoms with Crippen LogP contribution in [-0.4, -0.2) is 21.5 Å². The summed E-state index contributed by atoms with van der Waals surface area (Å²) in [5.41, 5.74) is 2.66. The van der Waals surface area contributed by atoms with Gasteiger partial charge in [0.1, 0.15) is 12.1 Å². The third-order valence-corrected chi connectivity index (χ3v) is 3.85. The Morgan fingerprint density at radius 3 is 2.64 bits per heavy atom. The molecule has 124 valence electrons. The van der Waals surface area contributed by atoms with E-state index >= 15 is 0 Å². The summed E-state index contributed by atoms with van der Waals surface area (Å²) in [5, 5.41) is 0. The Hall–Kier alpha value is -3.41. The second-order valence-electron chi connectivity index (χ2n) is 5.36. The fourth-order valence-electron chi connectivity index (χ4n) is 2.60. The lowest BCUT2D eigenvalue weighted by atomic mass is 10.1. The van der Waals surface area contributed by atoms with Crippen molar-refractivity contribution >= 4 is 5.52 Å². The monoisotopic (exact) mass is 335 g/mol. The molecule has 0 fully saturated rings. The van der Waals surface area contributed by atoms with Crippen LogP contribution in [0.4, 0.5) is 4.39 Å². The molecule has 0 bridgehead atoms. The molecule has 0 aliphatic heterocycles. The normalized spacial score (nSPS) is 10.8. The molecule has 0 aliphatic carbocycles. The number of methoxy groups -OCH3 is 1.